The fourth-order valence-electron chi connectivity index (χ4n) is 4.38. The molecule has 0 aromatic carbocycles. The van der Waals surface area contributed by atoms with Gasteiger partial charge in [-0.2, -0.15) is 0 Å². The molecule has 3 aliphatic heterocycles. The number of ether oxygens (including phenoxy) is 6. The van der Waals surface area contributed by atoms with Crippen LogP contribution in [0.15, 0.2) is 22.8 Å². The van der Waals surface area contributed by atoms with Crippen LogP contribution in [0.5, 0.6) is 0 Å². The summed E-state index contributed by atoms with van der Waals surface area (Å²) in [5.41, 5.74) is -0.431. The zero-order chi connectivity index (χ0) is 24.1. The Kier molecular flexibility index (Phi) is 5.86. The van der Waals surface area contributed by atoms with Gasteiger partial charge in [0.2, 0.25) is 0 Å². The lowest BCUT2D eigenvalue weighted by molar-refractivity contribution is -0.153. The van der Waals surface area contributed by atoms with Crippen LogP contribution in [0.2, 0.25) is 0 Å². The Morgan fingerprint density at radius 3 is 2.45 bits per heavy atom. The van der Waals surface area contributed by atoms with Gasteiger partial charge in [-0.15, -0.1) is 0 Å². The lowest BCUT2D eigenvalue weighted by Crippen LogP contribution is -2.37. The van der Waals surface area contributed by atoms with Gasteiger partial charge in [0.25, 0.3) is 0 Å². The van der Waals surface area contributed by atoms with Crippen LogP contribution in [0, 0.1) is 0 Å². The molecule has 0 radical (unpaired) electrons. The molecule has 0 bridgehead atoms. The molecule has 0 N–H and O–H groups in total. The molecule has 3 heterocycles. The summed E-state index contributed by atoms with van der Waals surface area (Å²) < 4.78 is 33.2. The van der Waals surface area contributed by atoms with E-state index in [0.29, 0.717) is 12.0 Å². The Morgan fingerprint density at radius 1 is 1.15 bits per heavy atom. The van der Waals surface area contributed by atoms with Crippen molar-refractivity contribution in [2.75, 3.05) is 13.2 Å². The monoisotopic (exact) mass is 464 g/mol. The predicted molar refractivity (Wildman–Crippen MR) is 110 cm³/mol. The fraction of sp³-hybridized carbons (Fsp3) is 0.652. The van der Waals surface area contributed by atoms with Gasteiger partial charge < -0.3 is 28.4 Å². The van der Waals surface area contributed by atoms with E-state index < -0.39 is 59.5 Å². The zero-order valence-corrected chi connectivity index (χ0v) is 19.3. The van der Waals surface area contributed by atoms with E-state index in [-0.39, 0.29) is 25.2 Å². The van der Waals surface area contributed by atoms with E-state index in [9.17, 15) is 19.2 Å². The van der Waals surface area contributed by atoms with Crippen LogP contribution in [0.25, 0.3) is 0 Å². The summed E-state index contributed by atoms with van der Waals surface area (Å²) in [5.74, 6) is -2.20. The Hall–Kier alpha value is -2.72. The summed E-state index contributed by atoms with van der Waals surface area (Å²) >= 11 is 0. The molecule has 0 saturated carbocycles. The Bertz CT molecular complexity index is 958. The lowest BCUT2D eigenvalue weighted by atomic mass is 9.86. The molecular weight excluding hydrogens is 436 g/mol. The van der Waals surface area contributed by atoms with Crippen LogP contribution >= 0.6 is 0 Å². The third kappa shape index (κ3) is 4.81. The summed E-state index contributed by atoms with van der Waals surface area (Å²) in [4.78, 5) is 48.6. The topological polar surface area (TPSA) is 130 Å². The molecule has 180 valence electrons. The van der Waals surface area contributed by atoms with E-state index in [4.69, 9.17) is 28.4 Å². The van der Waals surface area contributed by atoms with Crippen LogP contribution in [-0.2, 0) is 47.6 Å². The summed E-state index contributed by atoms with van der Waals surface area (Å²) in [6.07, 6.45) is -0.428. The third-order valence-electron chi connectivity index (χ3n) is 6.28. The zero-order valence-electron chi connectivity index (χ0n) is 19.3. The lowest BCUT2D eigenvalue weighted by Gasteiger charge is -2.27. The van der Waals surface area contributed by atoms with E-state index in [0.717, 1.165) is 5.57 Å². The van der Waals surface area contributed by atoms with Gasteiger partial charge in [-0.1, -0.05) is 5.57 Å². The molecule has 2 fully saturated rings. The van der Waals surface area contributed by atoms with Crippen molar-refractivity contribution in [1.29, 1.82) is 0 Å². The number of carbonyl (C=O) groups excluding carboxylic acids is 4. The highest BCUT2D eigenvalue weighted by atomic mass is 16.7. The van der Waals surface area contributed by atoms with Crippen LogP contribution in [-0.4, -0.2) is 72.7 Å². The minimum atomic E-state index is -1.03. The first-order valence-corrected chi connectivity index (χ1v) is 10.9. The van der Waals surface area contributed by atoms with E-state index in [1.807, 2.05) is 13.8 Å². The molecule has 10 nitrogen and oxygen atoms in total. The minimum absolute atomic E-state index is 0.137. The first kappa shape index (κ1) is 23.4. The first-order valence-electron chi connectivity index (χ1n) is 10.9. The maximum atomic E-state index is 12.8. The number of esters is 4. The smallest absolute Gasteiger partial charge is 0.341 e. The van der Waals surface area contributed by atoms with Crippen LogP contribution < -0.4 is 0 Å². The van der Waals surface area contributed by atoms with E-state index >= 15 is 0 Å². The number of hydrogen-bond acceptors (Lipinski definition) is 10. The molecule has 0 aromatic rings. The van der Waals surface area contributed by atoms with Gasteiger partial charge in [-0.25, -0.2) is 9.59 Å². The number of epoxide rings is 2. The second kappa shape index (κ2) is 8.25. The molecule has 2 saturated heterocycles. The number of carbonyl (C=O) groups is 4. The Morgan fingerprint density at radius 2 is 1.85 bits per heavy atom. The second-order valence-corrected chi connectivity index (χ2v) is 9.37. The van der Waals surface area contributed by atoms with Gasteiger partial charge in [-0.3, -0.25) is 9.59 Å². The van der Waals surface area contributed by atoms with E-state index in [1.54, 1.807) is 13.0 Å². The van der Waals surface area contributed by atoms with Crippen molar-refractivity contribution in [3.8, 4) is 0 Å². The standard InChI is InChI=1S/C23H28O10/c1-11-6-14(30-13(3)25)8-22(4)19(33-22)18-17(15(20(26)32-18)9-28-12(2)24)16(7-11)31-21(27)23(5)10-29-23/h6,14,16,18-19H,7-10H2,1-5H3/b11-6+/t14-,16+,18+,19+,22-,23-/m1/s1. The highest BCUT2D eigenvalue weighted by Gasteiger charge is 2.63. The van der Waals surface area contributed by atoms with E-state index in [2.05, 4.69) is 0 Å². The van der Waals surface area contributed by atoms with Gasteiger partial charge in [0.05, 0.1) is 12.2 Å². The summed E-state index contributed by atoms with van der Waals surface area (Å²) in [5, 5.41) is 0. The van der Waals surface area contributed by atoms with Gasteiger partial charge in [0.15, 0.2) is 11.7 Å². The molecule has 0 amide bonds. The molecule has 33 heavy (non-hydrogen) atoms. The maximum Gasteiger partial charge on any atom is 0.341 e. The summed E-state index contributed by atoms with van der Waals surface area (Å²) in [7, 11) is 0. The van der Waals surface area contributed by atoms with Gasteiger partial charge in [-0.05, 0) is 26.8 Å². The van der Waals surface area contributed by atoms with Crippen molar-refractivity contribution in [1.82, 2.24) is 0 Å². The highest BCUT2D eigenvalue weighted by Crippen LogP contribution is 2.49. The van der Waals surface area contributed by atoms with Crippen LogP contribution in [0.4, 0.5) is 0 Å². The minimum Gasteiger partial charge on any atom is -0.461 e. The summed E-state index contributed by atoms with van der Waals surface area (Å²) in [6.45, 7) is 7.79. The molecule has 4 rings (SSSR count). The molecule has 4 aliphatic rings. The second-order valence-electron chi connectivity index (χ2n) is 9.37. The normalized spacial score (nSPS) is 38.7. The van der Waals surface area contributed by atoms with Crippen molar-refractivity contribution < 1.29 is 47.6 Å². The van der Waals surface area contributed by atoms with Crippen molar-refractivity contribution in [2.24, 2.45) is 0 Å². The third-order valence-corrected chi connectivity index (χ3v) is 6.28. The maximum absolute atomic E-state index is 12.8. The number of fused-ring (bicyclic) bond motifs is 3. The van der Waals surface area contributed by atoms with Crippen molar-refractivity contribution in [3.05, 3.63) is 22.8 Å². The number of rotatable bonds is 5. The van der Waals surface area contributed by atoms with Crippen molar-refractivity contribution in [2.45, 2.75) is 83.1 Å². The average Bonchev–Trinajstić information content (AvgIpc) is 3.56. The van der Waals surface area contributed by atoms with Gasteiger partial charge in [0.1, 0.15) is 30.5 Å². The quantitative estimate of drug-likeness (QED) is 0.254. The number of hydrogen-bond donors (Lipinski definition) is 0. The summed E-state index contributed by atoms with van der Waals surface area (Å²) in [6, 6.07) is 0. The molecule has 0 spiro atoms. The van der Waals surface area contributed by atoms with E-state index in [1.165, 1.54) is 13.8 Å². The van der Waals surface area contributed by atoms with Crippen molar-refractivity contribution in [3.63, 3.8) is 0 Å². The first-order chi connectivity index (χ1) is 15.4. The Labute approximate surface area is 191 Å². The van der Waals surface area contributed by atoms with Gasteiger partial charge in [0, 0.05) is 32.3 Å². The Balaban J connectivity index is 1.74. The van der Waals surface area contributed by atoms with Gasteiger partial charge >= 0.3 is 23.9 Å². The molecule has 10 heteroatoms. The average molecular weight is 464 g/mol. The molecular formula is C23H28O10. The largest absolute Gasteiger partial charge is 0.461 e. The molecule has 0 unspecified atom stereocenters. The van der Waals surface area contributed by atoms with Crippen LogP contribution in [0.3, 0.4) is 0 Å². The molecule has 1 aliphatic carbocycles. The SMILES string of the molecule is CC(=O)OCC1=C2[C@@H](OC(=O)[C@@]3(C)CO3)C/C(C)=C/[C@@H](OC(C)=O)C[C@@]3(C)O[C@H]3[C@H]2OC1=O. The highest BCUT2D eigenvalue weighted by molar-refractivity contribution is 5.94. The van der Waals surface area contributed by atoms with Crippen molar-refractivity contribution >= 4 is 23.9 Å². The van der Waals surface area contributed by atoms with Crippen LogP contribution in [0.1, 0.15) is 47.5 Å². The predicted octanol–water partition coefficient (Wildman–Crippen LogP) is 1.30. The molecule has 6 atom stereocenters. The molecule has 0 aromatic heterocycles. The fourth-order valence-corrected chi connectivity index (χ4v) is 4.38.